The number of ether oxygens (including phenoxy) is 1. The number of nitrogens with one attached hydrogen (secondary N) is 2. The summed E-state index contributed by atoms with van der Waals surface area (Å²) in [6.07, 6.45) is 0. The summed E-state index contributed by atoms with van der Waals surface area (Å²) in [5, 5.41) is 15.2. The van der Waals surface area contributed by atoms with Crippen LogP contribution in [0.2, 0.25) is 0 Å². The van der Waals surface area contributed by atoms with E-state index in [1.54, 1.807) is 13.8 Å². The zero-order chi connectivity index (χ0) is 23.3. The summed E-state index contributed by atoms with van der Waals surface area (Å²) >= 11 is 3.17. The number of nitrogens with zero attached hydrogens (tertiary/aromatic N) is 2. The maximum Gasteiger partial charge on any atom is 0.273 e. The number of aromatic nitrogens is 2. The van der Waals surface area contributed by atoms with Gasteiger partial charge in [0.05, 0.1) is 0 Å². The van der Waals surface area contributed by atoms with E-state index in [4.69, 9.17) is 4.74 Å². The lowest BCUT2D eigenvalue weighted by atomic mass is 10.1. The molecule has 170 valence electrons. The van der Waals surface area contributed by atoms with E-state index in [9.17, 15) is 23.5 Å². The number of benzene rings is 1. The van der Waals surface area contributed by atoms with E-state index < -0.39 is 28.7 Å². The van der Waals surface area contributed by atoms with E-state index in [2.05, 4.69) is 31.5 Å². The lowest BCUT2D eigenvalue weighted by Crippen LogP contribution is -2.43. The number of carbonyl (C=O) groups excluding carboxylic acids is 1. The van der Waals surface area contributed by atoms with E-state index in [-0.39, 0.29) is 47.6 Å². The molecule has 0 aliphatic rings. The van der Waals surface area contributed by atoms with Gasteiger partial charge < -0.3 is 20.5 Å². The first-order valence-electron chi connectivity index (χ1n) is 9.55. The highest BCUT2D eigenvalue weighted by Crippen LogP contribution is 2.24. The van der Waals surface area contributed by atoms with Crippen LogP contribution in [0.4, 0.5) is 14.7 Å². The molecule has 2 rings (SSSR count). The predicted molar refractivity (Wildman–Crippen MR) is 115 cm³/mol. The van der Waals surface area contributed by atoms with Crippen molar-refractivity contribution < 1.29 is 23.4 Å². The highest BCUT2D eigenvalue weighted by atomic mass is 79.9. The zero-order valence-corrected chi connectivity index (χ0v) is 19.2. The van der Waals surface area contributed by atoms with Crippen molar-refractivity contribution in [2.45, 2.75) is 45.9 Å². The lowest BCUT2D eigenvalue weighted by Gasteiger charge is -2.20. The molecular formula is C20H25BrF2N4O4. The number of rotatable bonds is 9. The van der Waals surface area contributed by atoms with Crippen molar-refractivity contribution in [3.8, 4) is 5.88 Å². The van der Waals surface area contributed by atoms with Crippen molar-refractivity contribution in [2.75, 3.05) is 18.4 Å². The first-order chi connectivity index (χ1) is 14.4. The van der Waals surface area contributed by atoms with Crippen LogP contribution < -0.4 is 20.9 Å². The quantitative estimate of drug-likeness (QED) is 0.455. The van der Waals surface area contributed by atoms with Crippen LogP contribution >= 0.6 is 15.9 Å². The van der Waals surface area contributed by atoms with Crippen molar-refractivity contribution in [3.05, 3.63) is 50.2 Å². The number of halogens is 3. The topological polar surface area (TPSA) is 105 Å². The van der Waals surface area contributed by atoms with E-state index in [0.717, 1.165) is 12.1 Å². The summed E-state index contributed by atoms with van der Waals surface area (Å²) in [6, 6.07) is 2.86. The molecular weight excluding hydrogens is 478 g/mol. The van der Waals surface area contributed by atoms with Crippen LogP contribution in [0, 0.1) is 11.6 Å². The molecule has 31 heavy (non-hydrogen) atoms. The van der Waals surface area contributed by atoms with Crippen molar-refractivity contribution in [3.63, 3.8) is 0 Å². The molecule has 0 spiro atoms. The van der Waals surface area contributed by atoms with Gasteiger partial charge in [-0.15, -0.1) is 0 Å². The first kappa shape index (κ1) is 24.7. The monoisotopic (exact) mass is 502 g/mol. The number of carbonyl (C=O) groups is 1. The molecule has 8 nitrogen and oxygen atoms in total. The number of hydrogen-bond donors (Lipinski definition) is 3. The molecule has 0 saturated carbocycles. The first-order valence-corrected chi connectivity index (χ1v) is 10.3. The number of anilines is 1. The molecule has 0 aliphatic carbocycles. The third-order valence-electron chi connectivity index (χ3n) is 4.18. The maximum absolute atomic E-state index is 13.9. The third-order valence-corrected chi connectivity index (χ3v) is 4.85. The number of hydrogen-bond acceptors (Lipinski definition) is 6. The minimum Gasteiger partial charge on any atom is -0.472 e. The summed E-state index contributed by atoms with van der Waals surface area (Å²) in [5.41, 5.74) is -1.82. The molecule has 11 heteroatoms. The van der Waals surface area contributed by atoms with E-state index in [0.29, 0.717) is 0 Å². The summed E-state index contributed by atoms with van der Waals surface area (Å²) in [6.45, 7) is 6.46. The molecule has 0 atom stereocenters. The van der Waals surface area contributed by atoms with Crippen LogP contribution in [0.25, 0.3) is 0 Å². The van der Waals surface area contributed by atoms with Crippen molar-refractivity contribution >= 4 is 27.8 Å². The van der Waals surface area contributed by atoms with Crippen LogP contribution in [0.1, 0.15) is 39.3 Å². The fourth-order valence-corrected chi connectivity index (χ4v) is 2.94. The lowest BCUT2D eigenvalue weighted by molar-refractivity contribution is -0.136. The van der Waals surface area contributed by atoms with E-state index in [1.807, 2.05) is 0 Å². The average molecular weight is 503 g/mol. The highest BCUT2D eigenvalue weighted by Gasteiger charge is 2.23. The van der Waals surface area contributed by atoms with Gasteiger partial charge >= 0.3 is 0 Å². The Morgan fingerprint density at radius 3 is 2.58 bits per heavy atom. The maximum atomic E-state index is 13.9. The Kier molecular flexibility index (Phi) is 8.13. The molecule has 1 aromatic carbocycles. The van der Waals surface area contributed by atoms with Crippen LogP contribution in [-0.4, -0.2) is 39.3 Å². The van der Waals surface area contributed by atoms with Crippen molar-refractivity contribution in [2.24, 2.45) is 0 Å². The van der Waals surface area contributed by atoms with Crippen molar-refractivity contribution in [1.29, 1.82) is 0 Å². The SMILES string of the molecule is CC(C)n1c(NCCNC(=O)C(C)(C)O)nc(OCc2ccc(F)cc2F)c(Br)c1=O. The van der Waals surface area contributed by atoms with Crippen molar-refractivity contribution in [1.82, 2.24) is 14.9 Å². The smallest absolute Gasteiger partial charge is 0.273 e. The van der Waals surface area contributed by atoms with Crippen LogP contribution in [0.15, 0.2) is 27.5 Å². The van der Waals surface area contributed by atoms with Crippen LogP contribution in [0.5, 0.6) is 5.88 Å². The summed E-state index contributed by atoms with van der Waals surface area (Å²) in [7, 11) is 0. The summed E-state index contributed by atoms with van der Waals surface area (Å²) < 4.78 is 33.9. The van der Waals surface area contributed by atoms with Gasteiger partial charge in [-0.2, -0.15) is 4.98 Å². The molecule has 0 unspecified atom stereocenters. The Hall–Kier alpha value is -2.53. The second kappa shape index (κ2) is 10.2. The molecule has 0 saturated heterocycles. The van der Waals surface area contributed by atoms with Gasteiger partial charge in [-0.1, -0.05) is 0 Å². The summed E-state index contributed by atoms with van der Waals surface area (Å²) in [4.78, 5) is 28.8. The normalized spacial score (nSPS) is 11.5. The molecule has 0 aliphatic heterocycles. The molecule has 2 aromatic rings. The van der Waals surface area contributed by atoms with Gasteiger partial charge in [0.25, 0.3) is 11.5 Å². The highest BCUT2D eigenvalue weighted by molar-refractivity contribution is 9.10. The Balaban J connectivity index is 2.19. The second-order valence-electron chi connectivity index (χ2n) is 7.59. The average Bonchev–Trinajstić information content (AvgIpc) is 2.66. The fraction of sp³-hybridized carbons (Fsp3) is 0.450. The predicted octanol–water partition coefficient (Wildman–Crippen LogP) is 2.74. The minimum atomic E-state index is -1.51. The Morgan fingerprint density at radius 2 is 2.00 bits per heavy atom. The van der Waals surface area contributed by atoms with Gasteiger partial charge in [0, 0.05) is 30.8 Å². The Bertz CT molecular complexity index is 1010. The zero-order valence-electron chi connectivity index (χ0n) is 17.6. The van der Waals surface area contributed by atoms with E-state index >= 15 is 0 Å². The van der Waals surface area contributed by atoms with Gasteiger partial charge in [0.1, 0.15) is 28.3 Å². The molecule has 3 N–H and O–H groups in total. The van der Waals surface area contributed by atoms with Gasteiger partial charge in [0.15, 0.2) is 0 Å². The largest absolute Gasteiger partial charge is 0.472 e. The third kappa shape index (κ3) is 6.47. The number of aliphatic hydroxyl groups is 1. The molecule has 1 heterocycles. The van der Waals surface area contributed by atoms with Gasteiger partial charge in [-0.3, -0.25) is 14.2 Å². The molecule has 1 aromatic heterocycles. The molecule has 0 fully saturated rings. The van der Waals surface area contributed by atoms with Crippen LogP contribution in [0.3, 0.4) is 0 Å². The number of amides is 1. The van der Waals surface area contributed by atoms with Gasteiger partial charge in [0.2, 0.25) is 11.8 Å². The Morgan fingerprint density at radius 1 is 1.32 bits per heavy atom. The van der Waals surface area contributed by atoms with E-state index in [1.165, 1.54) is 24.5 Å². The second-order valence-corrected chi connectivity index (χ2v) is 8.38. The van der Waals surface area contributed by atoms with Gasteiger partial charge in [-0.05, 0) is 55.8 Å². The fourth-order valence-electron chi connectivity index (χ4n) is 2.54. The molecule has 1 amide bonds. The summed E-state index contributed by atoms with van der Waals surface area (Å²) in [5.74, 6) is -1.88. The van der Waals surface area contributed by atoms with Gasteiger partial charge in [-0.25, -0.2) is 8.78 Å². The molecule has 0 radical (unpaired) electrons. The molecule has 0 bridgehead atoms. The standard InChI is InChI=1S/C20H25BrF2N4O4/c1-11(2)27-17(28)15(21)16(31-10-12-5-6-13(22)9-14(12)23)26-19(27)25-8-7-24-18(29)20(3,4)30/h5-6,9,11,30H,7-8,10H2,1-4H3,(H,24,29)(H,25,26). The minimum absolute atomic E-state index is 0.0598. The Labute approximate surface area is 186 Å². The van der Waals surface area contributed by atoms with Crippen LogP contribution in [-0.2, 0) is 11.4 Å².